The zero-order valence-electron chi connectivity index (χ0n) is 18.3. The van der Waals surface area contributed by atoms with Crippen molar-refractivity contribution in [2.75, 3.05) is 43.8 Å². The molecule has 0 aliphatic carbocycles. The van der Waals surface area contributed by atoms with Crippen molar-refractivity contribution in [3.8, 4) is 11.5 Å². The molecular formula is C21H26N2O7S. The van der Waals surface area contributed by atoms with Gasteiger partial charge in [0.1, 0.15) is 6.54 Å². The maximum Gasteiger partial charge on any atom is 0.340 e. The predicted molar refractivity (Wildman–Crippen MR) is 118 cm³/mol. The molecule has 1 N–H and O–H groups in total. The number of ether oxygens (including phenoxy) is 3. The normalized spacial score (nSPS) is 10.9. The van der Waals surface area contributed by atoms with Crippen LogP contribution in [-0.4, -0.2) is 54.4 Å². The van der Waals surface area contributed by atoms with Gasteiger partial charge < -0.3 is 19.5 Å². The van der Waals surface area contributed by atoms with Crippen molar-refractivity contribution in [2.24, 2.45) is 0 Å². The smallest absolute Gasteiger partial charge is 0.340 e. The van der Waals surface area contributed by atoms with Gasteiger partial charge in [-0.05, 0) is 25.0 Å². The molecule has 0 aliphatic rings. The number of hydrogen-bond donors (Lipinski definition) is 1. The number of amides is 1. The van der Waals surface area contributed by atoms with Crippen molar-refractivity contribution in [1.82, 2.24) is 0 Å². The van der Waals surface area contributed by atoms with Crippen LogP contribution in [0.3, 0.4) is 0 Å². The molecule has 1 amide bonds. The minimum absolute atomic E-state index is 0.0338. The summed E-state index contributed by atoms with van der Waals surface area (Å²) in [6.07, 6.45) is 1.03. The number of nitrogens with one attached hydrogen (secondary N) is 1. The average Bonchev–Trinajstić information content (AvgIpc) is 2.71. The second-order valence-corrected chi connectivity index (χ2v) is 8.71. The van der Waals surface area contributed by atoms with Crippen molar-refractivity contribution in [2.45, 2.75) is 13.8 Å². The highest BCUT2D eigenvalue weighted by Crippen LogP contribution is 2.34. The highest BCUT2D eigenvalue weighted by atomic mass is 32.2. The molecule has 0 aliphatic heterocycles. The lowest BCUT2D eigenvalue weighted by Gasteiger charge is -2.25. The molecule has 0 saturated carbocycles. The van der Waals surface area contributed by atoms with Gasteiger partial charge in [-0.15, -0.1) is 0 Å². The summed E-state index contributed by atoms with van der Waals surface area (Å²) in [6.45, 7) is 3.05. The Morgan fingerprint density at radius 1 is 1.00 bits per heavy atom. The van der Waals surface area contributed by atoms with Gasteiger partial charge in [0.25, 0.3) is 0 Å². The molecule has 0 spiro atoms. The number of methoxy groups -OCH3 is 3. The Bertz CT molecular complexity index is 1080. The fourth-order valence-electron chi connectivity index (χ4n) is 3.14. The van der Waals surface area contributed by atoms with E-state index >= 15 is 0 Å². The Kier molecular flexibility index (Phi) is 7.50. The van der Waals surface area contributed by atoms with Crippen LogP contribution < -0.4 is 19.1 Å². The van der Waals surface area contributed by atoms with Crippen molar-refractivity contribution in [3.63, 3.8) is 0 Å². The third kappa shape index (κ3) is 5.46. The summed E-state index contributed by atoms with van der Waals surface area (Å²) in [5.74, 6) is -0.800. The SMILES string of the molecule is COC(=O)c1cc(OC)c(OC)cc1NC(=O)CN(c1c(C)cccc1C)S(C)(=O)=O. The first-order valence-electron chi connectivity index (χ1n) is 9.21. The van der Waals surface area contributed by atoms with E-state index in [0.29, 0.717) is 16.8 Å². The number of para-hydroxylation sites is 1. The minimum Gasteiger partial charge on any atom is -0.493 e. The number of sulfonamides is 1. The Morgan fingerprint density at radius 3 is 2.03 bits per heavy atom. The zero-order valence-corrected chi connectivity index (χ0v) is 19.1. The van der Waals surface area contributed by atoms with Gasteiger partial charge in [0.2, 0.25) is 15.9 Å². The average molecular weight is 451 g/mol. The zero-order chi connectivity index (χ0) is 23.3. The summed E-state index contributed by atoms with van der Waals surface area (Å²) in [5, 5.41) is 2.58. The topological polar surface area (TPSA) is 111 Å². The summed E-state index contributed by atoms with van der Waals surface area (Å²) in [5.41, 5.74) is 1.98. The monoisotopic (exact) mass is 450 g/mol. The molecule has 0 saturated heterocycles. The van der Waals surface area contributed by atoms with Crippen molar-refractivity contribution in [3.05, 3.63) is 47.0 Å². The molecule has 9 nitrogen and oxygen atoms in total. The highest BCUT2D eigenvalue weighted by Gasteiger charge is 2.25. The van der Waals surface area contributed by atoms with Crippen LogP contribution in [0.15, 0.2) is 30.3 Å². The van der Waals surface area contributed by atoms with Crippen molar-refractivity contribution in [1.29, 1.82) is 0 Å². The van der Waals surface area contributed by atoms with Crippen LogP contribution in [-0.2, 0) is 19.6 Å². The molecule has 168 valence electrons. The van der Waals surface area contributed by atoms with E-state index in [0.717, 1.165) is 10.6 Å². The molecule has 0 aromatic heterocycles. The number of hydrogen-bond acceptors (Lipinski definition) is 7. The lowest BCUT2D eigenvalue weighted by Crippen LogP contribution is -2.38. The second-order valence-electron chi connectivity index (χ2n) is 6.80. The molecule has 31 heavy (non-hydrogen) atoms. The maximum atomic E-state index is 12.8. The fourth-order valence-corrected chi connectivity index (χ4v) is 4.11. The van der Waals surface area contributed by atoms with Gasteiger partial charge in [-0.25, -0.2) is 13.2 Å². The van der Waals surface area contributed by atoms with E-state index in [1.165, 1.54) is 33.5 Å². The lowest BCUT2D eigenvalue weighted by molar-refractivity contribution is -0.114. The molecule has 0 heterocycles. The second kappa shape index (κ2) is 9.69. The Morgan fingerprint density at radius 2 is 1.55 bits per heavy atom. The summed E-state index contributed by atoms with van der Waals surface area (Å²) >= 11 is 0. The van der Waals surface area contributed by atoms with E-state index in [-0.39, 0.29) is 22.7 Å². The van der Waals surface area contributed by atoms with Gasteiger partial charge >= 0.3 is 5.97 Å². The van der Waals surface area contributed by atoms with E-state index in [1.54, 1.807) is 32.0 Å². The van der Waals surface area contributed by atoms with Gasteiger partial charge in [0.15, 0.2) is 11.5 Å². The number of anilines is 2. The van der Waals surface area contributed by atoms with Gasteiger partial charge in [0.05, 0.1) is 44.5 Å². The Hall–Kier alpha value is -3.27. The predicted octanol–water partition coefficient (Wildman–Crippen LogP) is 2.51. The summed E-state index contributed by atoms with van der Waals surface area (Å²) < 4.78 is 41.2. The summed E-state index contributed by atoms with van der Waals surface area (Å²) in [4.78, 5) is 25.0. The molecule has 2 rings (SSSR count). The van der Waals surface area contributed by atoms with Crippen LogP contribution in [0, 0.1) is 13.8 Å². The van der Waals surface area contributed by atoms with Crippen LogP contribution in [0.2, 0.25) is 0 Å². The third-order valence-electron chi connectivity index (χ3n) is 4.58. The molecule has 0 fully saturated rings. The minimum atomic E-state index is -3.77. The van der Waals surface area contributed by atoms with Gasteiger partial charge in [-0.3, -0.25) is 9.10 Å². The van der Waals surface area contributed by atoms with Crippen LogP contribution >= 0.6 is 0 Å². The molecule has 0 atom stereocenters. The van der Waals surface area contributed by atoms with Gasteiger partial charge in [0, 0.05) is 12.1 Å². The molecule has 10 heteroatoms. The Balaban J connectivity index is 2.44. The van der Waals surface area contributed by atoms with E-state index in [1.807, 2.05) is 0 Å². The number of carbonyl (C=O) groups is 2. The number of aryl methyl sites for hydroxylation is 2. The molecule has 0 unspecified atom stereocenters. The quantitative estimate of drug-likeness (QED) is 0.615. The first kappa shape index (κ1) is 24.0. The summed E-state index contributed by atoms with van der Waals surface area (Å²) in [6, 6.07) is 8.12. The number of nitrogens with zero attached hydrogens (tertiary/aromatic N) is 1. The van der Waals surface area contributed by atoms with Gasteiger partial charge in [-0.2, -0.15) is 0 Å². The molecular weight excluding hydrogens is 424 g/mol. The van der Waals surface area contributed by atoms with E-state index < -0.39 is 28.4 Å². The van der Waals surface area contributed by atoms with E-state index in [9.17, 15) is 18.0 Å². The largest absolute Gasteiger partial charge is 0.493 e. The van der Waals surface area contributed by atoms with E-state index in [2.05, 4.69) is 5.32 Å². The van der Waals surface area contributed by atoms with E-state index in [4.69, 9.17) is 14.2 Å². The fraction of sp³-hybridized carbons (Fsp3) is 0.333. The highest BCUT2D eigenvalue weighted by molar-refractivity contribution is 7.92. The number of rotatable bonds is 8. The number of benzene rings is 2. The molecule has 2 aromatic rings. The lowest BCUT2D eigenvalue weighted by atomic mass is 10.1. The first-order valence-corrected chi connectivity index (χ1v) is 11.1. The number of esters is 1. The molecule has 2 aromatic carbocycles. The standard InChI is InChI=1S/C21H26N2O7S/c1-13-8-7-9-14(2)20(13)23(31(6,26)27)12-19(24)22-16-11-18(29-4)17(28-3)10-15(16)21(25)30-5/h7-11H,12H2,1-6H3,(H,22,24). The first-order chi connectivity index (χ1) is 14.5. The maximum absolute atomic E-state index is 12.8. The van der Waals surface area contributed by atoms with Crippen LogP contribution in [0.25, 0.3) is 0 Å². The van der Waals surface area contributed by atoms with Crippen LogP contribution in [0.5, 0.6) is 11.5 Å². The molecule has 0 radical (unpaired) electrons. The van der Waals surface area contributed by atoms with Crippen molar-refractivity contribution >= 4 is 33.3 Å². The van der Waals surface area contributed by atoms with Crippen molar-refractivity contribution < 1.29 is 32.2 Å². The van der Waals surface area contributed by atoms with Gasteiger partial charge in [-0.1, -0.05) is 18.2 Å². The Labute approximate surface area is 182 Å². The third-order valence-corrected chi connectivity index (χ3v) is 5.69. The van der Waals surface area contributed by atoms with Crippen LogP contribution in [0.4, 0.5) is 11.4 Å². The molecule has 0 bridgehead atoms. The van der Waals surface area contributed by atoms with Crippen LogP contribution in [0.1, 0.15) is 21.5 Å². The number of carbonyl (C=O) groups excluding carboxylic acids is 2. The summed E-state index contributed by atoms with van der Waals surface area (Å²) in [7, 11) is 0.255.